The molecule has 1 aliphatic rings. The van der Waals surface area contributed by atoms with Crippen LogP contribution in [0.25, 0.3) is 6.08 Å². The van der Waals surface area contributed by atoms with E-state index in [0.717, 1.165) is 18.2 Å². The number of Topliss-reactive ketones (excluding diaryl/α,β-unsaturated/α-hetero) is 1. The van der Waals surface area contributed by atoms with Crippen molar-refractivity contribution in [1.82, 2.24) is 0 Å². The number of ketones is 1. The predicted molar refractivity (Wildman–Crippen MR) is 70.9 cm³/mol. The minimum absolute atomic E-state index is 0.370. The van der Waals surface area contributed by atoms with Crippen molar-refractivity contribution in [3.05, 3.63) is 41.0 Å². The van der Waals surface area contributed by atoms with Crippen LogP contribution in [0.2, 0.25) is 0 Å². The van der Waals surface area contributed by atoms with Crippen LogP contribution in [0.1, 0.15) is 29.5 Å². The summed E-state index contributed by atoms with van der Waals surface area (Å²) in [5.74, 6) is 0.370. The molecule has 1 aromatic rings. The number of hydrogen-bond acceptors (Lipinski definition) is 1. The zero-order chi connectivity index (χ0) is 11.4. The summed E-state index contributed by atoms with van der Waals surface area (Å²) in [6, 6.07) is 6.41. The van der Waals surface area contributed by atoms with E-state index < -0.39 is 0 Å². The van der Waals surface area contributed by atoms with Crippen LogP contribution in [-0.2, 0) is 17.6 Å². The molecule has 0 N–H and O–H groups in total. The predicted octanol–water partition coefficient (Wildman–Crippen LogP) is 3.54. The summed E-state index contributed by atoms with van der Waals surface area (Å²) >= 11 is 3.40. The van der Waals surface area contributed by atoms with Gasteiger partial charge in [0.05, 0.1) is 0 Å². The summed E-state index contributed by atoms with van der Waals surface area (Å²) in [7, 11) is 0. The molecule has 0 heterocycles. The third kappa shape index (κ3) is 2.82. The van der Waals surface area contributed by atoms with Crippen molar-refractivity contribution in [3.8, 4) is 0 Å². The average Bonchev–Trinajstić information content (AvgIpc) is 2.29. The van der Waals surface area contributed by atoms with Gasteiger partial charge < -0.3 is 0 Å². The number of alkyl halides is 1. The van der Waals surface area contributed by atoms with Gasteiger partial charge in [0, 0.05) is 18.2 Å². The van der Waals surface area contributed by atoms with Gasteiger partial charge in [-0.25, -0.2) is 0 Å². The second kappa shape index (κ2) is 5.44. The molecule has 0 aromatic heterocycles. The van der Waals surface area contributed by atoms with E-state index in [2.05, 4.69) is 46.3 Å². The second-order valence-electron chi connectivity index (χ2n) is 4.12. The van der Waals surface area contributed by atoms with Crippen LogP contribution in [0, 0.1) is 0 Å². The quantitative estimate of drug-likeness (QED) is 0.773. The van der Waals surface area contributed by atoms with Crippen molar-refractivity contribution in [3.63, 3.8) is 0 Å². The third-order valence-corrected chi connectivity index (χ3v) is 3.34. The van der Waals surface area contributed by atoms with E-state index in [0.29, 0.717) is 18.6 Å². The molecule has 0 radical (unpaired) electrons. The monoisotopic (exact) mass is 278 g/mol. The van der Waals surface area contributed by atoms with Gasteiger partial charge in [-0.3, -0.25) is 4.79 Å². The molecule has 84 valence electrons. The molecule has 0 atom stereocenters. The fraction of sp³-hybridized carbons (Fsp3) is 0.357. The number of hydrogen-bond donors (Lipinski definition) is 0. The summed E-state index contributed by atoms with van der Waals surface area (Å²) in [5, 5.41) is 1.00. The van der Waals surface area contributed by atoms with Crippen LogP contribution in [0.3, 0.4) is 0 Å². The van der Waals surface area contributed by atoms with E-state index in [9.17, 15) is 4.79 Å². The Hall–Kier alpha value is -0.890. The molecule has 0 saturated carbocycles. The van der Waals surface area contributed by atoms with Crippen molar-refractivity contribution >= 4 is 27.8 Å². The number of fused-ring (bicyclic) bond motifs is 1. The molecule has 2 rings (SSSR count). The van der Waals surface area contributed by atoms with E-state index in [1.807, 2.05) is 0 Å². The van der Waals surface area contributed by atoms with E-state index in [1.165, 1.54) is 16.7 Å². The number of allylic oxidation sites excluding steroid dienone is 1. The molecule has 16 heavy (non-hydrogen) atoms. The number of rotatable bonds is 3. The first-order valence-corrected chi connectivity index (χ1v) is 6.78. The highest BCUT2D eigenvalue weighted by atomic mass is 79.9. The first-order valence-electron chi connectivity index (χ1n) is 5.65. The van der Waals surface area contributed by atoms with Crippen molar-refractivity contribution in [2.75, 3.05) is 5.33 Å². The van der Waals surface area contributed by atoms with Gasteiger partial charge in [-0.05, 0) is 29.5 Å². The van der Waals surface area contributed by atoms with Gasteiger partial charge in [-0.2, -0.15) is 0 Å². The summed E-state index contributed by atoms with van der Waals surface area (Å²) in [6.07, 6.45) is 7.62. The molecule has 2 heteroatoms. The lowest BCUT2D eigenvalue weighted by Crippen LogP contribution is -2.13. The molecular weight excluding hydrogens is 264 g/mol. The van der Waals surface area contributed by atoms with Crippen LogP contribution in [0.4, 0.5) is 0 Å². The molecule has 1 aliphatic carbocycles. The average molecular weight is 279 g/mol. The van der Waals surface area contributed by atoms with Gasteiger partial charge in [0.2, 0.25) is 0 Å². The highest BCUT2D eigenvalue weighted by molar-refractivity contribution is 9.09. The Morgan fingerprint density at radius 1 is 1.25 bits per heavy atom. The maximum Gasteiger partial charge on any atom is 0.137 e. The fourth-order valence-electron chi connectivity index (χ4n) is 2.01. The number of carbonyl (C=O) groups is 1. The summed E-state index contributed by atoms with van der Waals surface area (Å²) in [5.41, 5.74) is 3.81. The second-order valence-corrected chi connectivity index (χ2v) is 4.92. The molecule has 0 aliphatic heterocycles. The molecule has 0 amide bonds. The van der Waals surface area contributed by atoms with Crippen LogP contribution in [0.5, 0.6) is 0 Å². The number of aryl methyl sites for hydroxylation is 1. The Morgan fingerprint density at radius 2 is 2.12 bits per heavy atom. The van der Waals surface area contributed by atoms with Crippen LogP contribution in [0.15, 0.2) is 24.3 Å². The van der Waals surface area contributed by atoms with Crippen LogP contribution < -0.4 is 0 Å². The Labute approximate surface area is 105 Å². The van der Waals surface area contributed by atoms with Gasteiger partial charge in [-0.1, -0.05) is 46.3 Å². The number of halogens is 1. The first-order chi connectivity index (χ1) is 7.79. The normalized spacial score (nSPS) is 15.4. The molecular formula is C14H15BrO. The highest BCUT2D eigenvalue weighted by Gasteiger charge is 2.14. The maximum absolute atomic E-state index is 11.3. The first kappa shape index (κ1) is 11.6. The van der Waals surface area contributed by atoms with Crippen molar-refractivity contribution < 1.29 is 4.79 Å². The molecule has 0 spiro atoms. The van der Waals surface area contributed by atoms with Crippen LogP contribution >= 0.6 is 15.9 Å². The Morgan fingerprint density at radius 3 is 2.94 bits per heavy atom. The van der Waals surface area contributed by atoms with E-state index >= 15 is 0 Å². The minimum Gasteiger partial charge on any atom is -0.299 e. The number of benzene rings is 1. The highest BCUT2D eigenvalue weighted by Crippen LogP contribution is 2.21. The lowest BCUT2D eigenvalue weighted by atomic mass is 9.89. The van der Waals surface area contributed by atoms with Gasteiger partial charge >= 0.3 is 0 Å². The molecule has 0 fully saturated rings. The zero-order valence-corrected chi connectivity index (χ0v) is 10.8. The lowest BCUT2D eigenvalue weighted by Gasteiger charge is -2.14. The van der Waals surface area contributed by atoms with Crippen molar-refractivity contribution in [1.29, 1.82) is 0 Å². The van der Waals surface area contributed by atoms with Crippen molar-refractivity contribution in [2.45, 2.75) is 25.7 Å². The lowest BCUT2D eigenvalue weighted by molar-refractivity contribution is -0.118. The van der Waals surface area contributed by atoms with E-state index in [1.54, 1.807) is 0 Å². The van der Waals surface area contributed by atoms with Gasteiger partial charge in [0.15, 0.2) is 0 Å². The Kier molecular flexibility index (Phi) is 3.94. The minimum atomic E-state index is 0.370. The van der Waals surface area contributed by atoms with Crippen molar-refractivity contribution in [2.24, 2.45) is 0 Å². The number of carbonyl (C=O) groups excluding carboxylic acids is 1. The molecule has 0 unspecified atom stereocenters. The smallest absolute Gasteiger partial charge is 0.137 e. The molecule has 0 saturated heterocycles. The topological polar surface area (TPSA) is 17.1 Å². The third-order valence-electron chi connectivity index (χ3n) is 2.88. The largest absolute Gasteiger partial charge is 0.299 e. The van der Waals surface area contributed by atoms with Gasteiger partial charge in [0.1, 0.15) is 5.78 Å². The molecule has 1 aromatic carbocycles. The van der Waals surface area contributed by atoms with Gasteiger partial charge in [-0.15, -0.1) is 0 Å². The summed E-state index contributed by atoms with van der Waals surface area (Å²) in [4.78, 5) is 11.3. The maximum atomic E-state index is 11.3. The Bertz CT molecular complexity index is 421. The Balaban J connectivity index is 2.16. The SMILES string of the molecule is O=C1CCc2cc(C=CCCBr)ccc2C1. The molecule has 0 bridgehead atoms. The summed E-state index contributed by atoms with van der Waals surface area (Å²) in [6.45, 7) is 0. The fourth-order valence-corrected chi connectivity index (χ4v) is 2.28. The van der Waals surface area contributed by atoms with E-state index in [4.69, 9.17) is 0 Å². The van der Waals surface area contributed by atoms with E-state index in [-0.39, 0.29) is 0 Å². The standard InChI is InChI=1S/C14H15BrO/c15-8-2-1-3-11-4-5-13-10-14(16)7-6-12(13)9-11/h1,3-5,9H,2,6-8,10H2. The zero-order valence-electron chi connectivity index (χ0n) is 9.21. The van der Waals surface area contributed by atoms with Gasteiger partial charge in [0.25, 0.3) is 0 Å². The van der Waals surface area contributed by atoms with Crippen LogP contribution in [-0.4, -0.2) is 11.1 Å². The summed E-state index contributed by atoms with van der Waals surface area (Å²) < 4.78 is 0. The molecule has 1 nitrogen and oxygen atoms in total.